The summed E-state index contributed by atoms with van der Waals surface area (Å²) in [6, 6.07) is 4.03. The number of aromatic nitrogens is 5. The molecule has 130 valence electrons. The Morgan fingerprint density at radius 2 is 2.04 bits per heavy atom. The Hall–Kier alpha value is -2.22. The summed E-state index contributed by atoms with van der Waals surface area (Å²) in [6.45, 7) is 7.55. The molecule has 1 fully saturated rings. The molecule has 1 atom stereocenters. The number of aryl methyl sites for hydroxylation is 3. The smallest absolute Gasteiger partial charge is 0.253 e. The first-order valence-corrected chi connectivity index (χ1v) is 9.04. The molecular weight excluding hydrogens is 384 g/mol. The van der Waals surface area contributed by atoms with Crippen LogP contribution in [0.3, 0.4) is 0 Å². The van der Waals surface area contributed by atoms with E-state index in [0.717, 1.165) is 46.9 Å². The molecule has 0 spiro atoms. The molecule has 7 nitrogen and oxygen atoms in total. The lowest BCUT2D eigenvalue weighted by atomic mass is 10.3. The van der Waals surface area contributed by atoms with E-state index >= 15 is 0 Å². The van der Waals surface area contributed by atoms with Crippen molar-refractivity contribution in [3.8, 4) is 5.75 Å². The standard InChI is InChI=1S/C17H19BrN6O/c1-10-16(11(2)24-17(20-10)21-12(3)22-24)25-14-6-7-23(9-14)15-5-4-13(18)8-19-15/h4-5,8,14H,6-7,9H2,1-3H3/t14-/m1/s1. The van der Waals surface area contributed by atoms with E-state index in [1.165, 1.54) is 0 Å². The van der Waals surface area contributed by atoms with Gasteiger partial charge in [-0.25, -0.2) is 9.97 Å². The molecule has 3 aromatic heterocycles. The number of pyridine rings is 1. The van der Waals surface area contributed by atoms with E-state index in [9.17, 15) is 0 Å². The molecular formula is C17H19BrN6O. The Labute approximate surface area is 154 Å². The van der Waals surface area contributed by atoms with Crippen LogP contribution in [-0.4, -0.2) is 43.8 Å². The van der Waals surface area contributed by atoms with Crippen LogP contribution in [0.5, 0.6) is 5.75 Å². The molecule has 0 N–H and O–H groups in total. The van der Waals surface area contributed by atoms with Crippen LogP contribution in [0.1, 0.15) is 23.6 Å². The zero-order valence-electron chi connectivity index (χ0n) is 14.4. The Balaban J connectivity index is 1.55. The number of nitrogens with zero attached hydrogens (tertiary/aromatic N) is 6. The van der Waals surface area contributed by atoms with Gasteiger partial charge in [-0.05, 0) is 48.8 Å². The van der Waals surface area contributed by atoms with Gasteiger partial charge in [-0.3, -0.25) is 0 Å². The number of fused-ring (bicyclic) bond motifs is 1. The van der Waals surface area contributed by atoms with Gasteiger partial charge in [0.25, 0.3) is 5.78 Å². The summed E-state index contributed by atoms with van der Waals surface area (Å²) < 4.78 is 9.03. The molecule has 4 heterocycles. The molecule has 0 saturated carbocycles. The lowest BCUT2D eigenvalue weighted by Crippen LogP contribution is -2.26. The highest BCUT2D eigenvalue weighted by Crippen LogP contribution is 2.27. The van der Waals surface area contributed by atoms with Gasteiger partial charge in [0.05, 0.1) is 17.9 Å². The highest BCUT2D eigenvalue weighted by Gasteiger charge is 2.27. The molecule has 0 aromatic carbocycles. The number of hydrogen-bond acceptors (Lipinski definition) is 6. The van der Waals surface area contributed by atoms with E-state index < -0.39 is 0 Å². The van der Waals surface area contributed by atoms with Crippen molar-refractivity contribution >= 4 is 27.5 Å². The molecule has 0 amide bonds. The summed E-state index contributed by atoms with van der Waals surface area (Å²) in [5, 5.41) is 4.40. The minimum absolute atomic E-state index is 0.103. The fourth-order valence-corrected chi connectivity index (χ4v) is 3.42. The average molecular weight is 403 g/mol. The third-order valence-electron chi connectivity index (χ3n) is 4.40. The molecule has 0 bridgehead atoms. The monoisotopic (exact) mass is 402 g/mol. The maximum Gasteiger partial charge on any atom is 0.253 e. The number of hydrogen-bond donors (Lipinski definition) is 0. The van der Waals surface area contributed by atoms with Gasteiger partial charge in [0.1, 0.15) is 17.7 Å². The minimum atomic E-state index is 0.103. The fourth-order valence-electron chi connectivity index (χ4n) is 3.18. The third-order valence-corrected chi connectivity index (χ3v) is 4.87. The maximum absolute atomic E-state index is 6.30. The molecule has 25 heavy (non-hydrogen) atoms. The van der Waals surface area contributed by atoms with Crippen LogP contribution < -0.4 is 9.64 Å². The van der Waals surface area contributed by atoms with Crippen molar-refractivity contribution in [1.82, 2.24) is 24.6 Å². The van der Waals surface area contributed by atoms with Gasteiger partial charge in [-0.2, -0.15) is 9.50 Å². The van der Waals surface area contributed by atoms with Crippen LogP contribution in [0.25, 0.3) is 5.78 Å². The van der Waals surface area contributed by atoms with E-state index in [4.69, 9.17) is 4.74 Å². The lowest BCUT2D eigenvalue weighted by molar-refractivity contribution is 0.219. The highest BCUT2D eigenvalue weighted by molar-refractivity contribution is 9.10. The minimum Gasteiger partial charge on any atom is -0.485 e. The van der Waals surface area contributed by atoms with Crippen molar-refractivity contribution in [3.63, 3.8) is 0 Å². The van der Waals surface area contributed by atoms with Crippen molar-refractivity contribution in [2.75, 3.05) is 18.0 Å². The van der Waals surface area contributed by atoms with Gasteiger partial charge in [-0.1, -0.05) is 0 Å². The normalized spacial score (nSPS) is 17.4. The molecule has 8 heteroatoms. The van der Waals surface area contributed by atoms with Crippen LogP contribution in [0, 0.1) is 20.8 Å². The van der Waals surface area contributed by atoms with Crippen LogP contribution in [0.4, 0.5) is 5.82 Å². The second-order valence-corrected chi connectivity index (χ2v) is 7.21. The zero-order valence-corrected chi connectivity index (χ0v) is 16.0. The highest BCUT2D eigenvalue weighted by atomic mass is 79.9. The first-order chi connectivity index (χ1) is 12.0. The summed E-state index contributed by atoms with van der Waals surface area (Å²) in [5.41, 5.74) is 1.78. The Bertz CT molecular complexity index is 923. The van der Waals surface area contributed by atoms with Crippen LogP contribution in [0.15, 0.2) is 22.8 Å². The van der Waals surface area contributed by atoms with Crippen molar-refractivity contribution in [2.45, 2.75) is 33.3 Å². The van der Waals surface area contributed by atoms with E-state index in [1.807, 2.05) is 39.1 Å². The summed E-state index contributed by atoms with van der Waals surface area (Å²) >= 11 is 3.42. The van der Waals surface area contributed by atoms with Gasteiger partial charge in [0, 0.05) is 23.6 Å². The SMILES string of the molecule is Cc1nc2nc(C)c(O[C@@H]3CCN(c4ccc(Br)cn4)C3)c(C)n2n1. The molecule has 1 aliphatic heterocycles. The number of anilines is 1. The molecule has 1 saturated heterocycles. The Kier molecular flexibility index (Phi) is 4.07. The first-order valence-electron chi connectivity index (χ1n) is 8.25. The fraction of sp³-hybridized carbons (Fsp3) is 0.412. The van der Waals surface area contributed by atoms with Gasteiger partial charge < -0.3 is 9.64 Å². The van der Waals surface area contributed by atoms with Crippen LogP contribution in [-0.2, 0) is 0 Å². The summed E-state index contributed by atoms with van der Waals surface area (Å²) in [7, 11) is 0. The summed E-state index contributed by atoms with van der Waals surface area (Å²) in [5.74, 6) is 3.10. The first kappa shape index (κ1) is 16.3. The molecule has 4 rings (SSSR count). The maximum atomic E-state index is 6.30. The lowest BCUT2D eigenvalue weighted by Gasteiger charge is -2.19. The molecule has 0 unspecified atom stereocenters. The van der Waals surface area contributed by atoms with Crippen molar-refractivity contribution < 1.29 is 4.74 Å². The van der Waals surface area contributed by atoms with E-state index in [2.05, 4.69) is 40.9 Å². The van der Waals surface area contributed by atoms with Gasteiger partial charge in [0.2, 0.25) is 0 Å². The third kappa shape index (κ3) is 3.06. The van der Waals surface area contributed by atoms with Crippen molar-refractivity contribution in [3.05, 3.63) is 40.0 Å². The molecule has 1 aliphatic rings. The van der Waals surface area contributed by atoms with Gasteiger partial charge >= 0.3 is 0 Å². The topological polar surface area (TPSA) is 68.4 Å². The van der Waals surface area contributed by atoms with Crippen LogP contribution >= 0.6 is 15.9 Å². The Morgan fingerprint density at radius 1 is 1.20 bits per heavy atom. The van der Waals surface area contributed by atoms with E-state index in [1.54, 1.807) is 4.52 Å². The zero-order chi connectivity index (χ0) is 17.6. The predicted molar refractivity (Wildman–Crippen MR) is 98.2 cm³/mol. The van der Waals surface area contributed by atoms with Crippen LogP contribution in [0.2, 0.25) is 0 Å². The van der Waals surface area contributed by atoms with Crippen molar-refractivity contribution in [2.24, 2.45) is 0 Å². The molecule has 0 radical (unpaired) electrons. The molecule has 3 aromatic rings. The largest absolute Gasteiger partial charge is 0.485 e. The van der Waals surface area contributed by atoms with Crippen molar-refractivity contribution in [1.29, 1.82) is 0 Å². The predicted octanol–water partition coefficient (Wildman–Crippen LogP) is 2.86. The Morgan fingerprint density at radius 3 is 2.80 bits per heavy atom. The second kappa shape index (κ2) is 6.25. The number of ether oxygens (including phenoxy) is 1. The van der Waals surface area contributed by atoms with E-state index in [0.29, 0.717) is 11.6 Å². The number of halogens is 1. The molecule has 0 aliphatic carbocycles. The summed E-state index contributed by atoms with van der Waals surface area (Å²) in [4.78, 5) is 15.6. The van der Waals surface area contributed by atoms with Gasteiger partial charge in [0.15, 0.2) is 5.75 Å². The average Bonchev–Trinajstić information content (AvgIpc) is 3.18. The quantitative estimate of drug-likeness (QED) is 0.670. The van der Waals surface area contributed by atoms with E-state index in [-0.39, 0.29) is 6.10 Å². The van der Waals surface area contributed by atoms with Gasteiger partial charge in [-0.15, -0.1) is 5.10 Å². The second-order valence-electron chi connectivity index (χ2n) is 6.29. The number of rotatable bonds is 3. The summed E-state index contributed by atoms with van der Waals surface area (Å²) in [6.07, 6.45) is 2.88.